The lowest BCUT2D eigenvalue weighted by Crippen LogP contribution is -1.79. The Morgan fingerprint density at radius 2 is 2.10 bits per heavy atom. The summed E-state index contributed by atoms with van der Waals surface area (Å²) in [4.78, 5) is 3.91. The largest absolute Gasteiger partial charge is 0.265 e. The SMILES string of the molecule is ClCSCc1ccncc1. The van der Waals surface area contributed by atoms with Crippen LogP contribution in [0.4, 0.5) is 0 Å². The molecule has 1 aromatic rings. The molecule has 0 fully saturated rings. The molecule has 0 saturated heterocycles. The van der Waals surface area contributed by atoms with E-state index in [0.29, 0.717) is 5.21 Å². The summed E-state index contributed by atoms with van der Waals surface area (Å²) in [5.41, 5.74) is 1.28. The van der Waals surface area contributed by atoms with Crippen LogP contribution in [0.15, 0.2) is 24.5 Å². The fourth-order valence-electron chi connectivity index (χ4n) is 0.635. The van der Waals surface area contributed by atoms with Crippen molar-refractivity contribution in [2.24, 2.45) is 0 Å². The lowest BCUT2D eigenvalue weighted by molar-refractivity contribution is 1.27. The maximum atomic E-state index is 5.50. The van der Waals surface area contributed by atoms with Gasteiger partial charge in [-0.05, 0) is 17.7 Å². The van der Waals surface area contributed by atoms with Crippen molar-refractivity contribution in [3.8, 4) is 0 Å². The molecule has 0 aliphatic heterocycles. The van der Waals surface area contributed by atoms with E-state index in [2.05, 4.69) is 4.98 Å². The Kier molecular flexibility index (Phi) is 3.62. The number of halogens is 1. The Morgan fingerprint density at radius 3 is 2.70 bits per heavy atom. The van der Waals surface area contributed by atoms with Crippen LogP contribution < -0.4 is 0 Å². The Balaban J connectivity index is 2.43. The minimum atomic E-state index is 0.655. The summed E-state index contributed by atoms with van der Waals surface area (Å²) in [5, 5.41) is 0.655. The molecule has 0 aliphatic carbocycles. The van der Waals surface area contributed by atoms with Crippen LogP contribution in [0.5, 0.6) is 0 Å². The van der Waals surface area contributed by atoms with Gasteiger partial charge in [-0.2, -0.15) is 0 Å². The molecule has 10 heavy (non-hydrogen) atoms. The zero-order valence-electron chi connectivity index (χ0n) is 5.46. The number of nitrogens with zero attached hydrogens (tertiary/aromatic N) is 1. The molecule has 0 amide bonds. The second kappa shape index (κ2) is 4.58. The van der Waals surface area contributed by atoms with Crippen LogP contribution >= 0.6 is 23.4 Å². The molecule has 0 atom stereocenters. The third kappa shape index (κ3) is 2.58. The van der Waals surface area contributed by atoms with E-state index < -0.39 is 0 Å². The molecular weight excluding hydrogens is 166 g/mol. The summed E-state index contributed by atoms with van der Waals surface area (Å²) >= 11 is 7.20. The van der Waals surface area contributed by atoms with E-state index in [1.165, 1.54) is 5.56 Å². The zero-order chi connectivity index (χ0) is 7.23. The Labute approximate surface area is 69.8 Å². The van der Waals surface area contributed by atoms with Gasteiger partial charge in [-0.1, -0.05) is 0 Å². The number of aromatic nitrogens is 1. The number of thioether (sulfide) groups is 1. The quantitative estimate of drug-likeness (QED) is 0.652. The predicted molar refractivity (Wildman–Crippen MR) is 46.3 cm³/mol. The van der Waals surface area contributed by atoms with Gasteiger partial charge >= 0.3 is 0 Å². The molecule has 0 aromatic carbocycles. The second-order valence-corrected chi connectivity index (χ2v) is 3.38. The average Bonchev–Trinajstić information content (AvgIpc) is 2.03. The highest BCUT2D eigenvalue weighted by molar-refractivity contribution is 7.99. The van der Waals surface area contributed by atoms with Gasteiger partial charge in [0.1, 0.15) is 0 Å². The maximum absolute atomic E-state index is 5.50. The minimum Gasteiger partial charge on any atom is -0.265 e. The van der Waals surface area contributed by atoms with Gasteiger partial charge < -0.3 is 0 Å². The lowest BCUT2D eigenvalue weighted by atomic mass is 10.3. The van der Waals surface area contributed by atoms with Crippen molar-refractivity contribution >= 4 is 23.4 Å². The van der Waals surface area contributed by atoms with E-state index in [9.17, 15) is 0 Å². The molecular formula is C7H8ClNS. The van der Waals surface area contributed by atoms with E-state index in [1.807, 2.05) is 12.1 Å². The van der Waals surface area contributed by atoms with Gasteiger partial charge in [0, 0.05) is 18.1 Å². The summed E-state index contributed by atoms with van der Waals surface area (Å²) in [6.07, 6.45) is 3.59. The average molecular weight is 174 g/mol. The Morgan fingerprint density at radius 1 is 1.40 bits per heavy atom. The van der Waals surface area contributed by atoms with Crippen molar-refractivity contribution < 1.29 is 0 Å². The van der Waals surface area contributed by atoms with E-state index in [0.717, 1.165) is 5.75 Å². The summed E-state index contributed by atoms with van der Waals surface area (Å²) < 4.78 is 0. The third-order valence-electron chi connectivity index (χ3n) is 1.10. The van der Waals surface area contributed by atoms with Crippen molar-refractivity contribution in [1.29, 1.82) is 0 Å². The van der Waals surface area contributed by atoms with Gasteiger partial charge in [-0.15, -0.1) is 23.4 Å². The first kappa shape index (κ1) is 7.89. The van der Waals surface area contributed by atoms with Crippen molar-refractivity contribution in [1.82, 2.24) is 4.98 Å². The van der Waals surface area contributed by atoms with E-state index in [4.69, 9.17) is 11.6 Å². The normalized spacial score (nSPS) is 9.70. The lowest BCUT2D eigenvalue weighted by Gasteiger charge is -1.95. The number of alkyl halides is 1. The molecule has 0 saturated carbocycles. The third-order valence-corrected chi connectivity index (χ3v) is 2.25. The predicted octanol–water partition coefficient (Wildman–Crippen LogP) is 2.51. The van der Waals surface area contributed by atoms with Crippen LogP contribution in [-0.2, 0) is 5.75 Å². The molecule has 54 valence electrons. The number of rotatable bonds is 3. The standard InChI is InChI=1S/C7H8ClNS/c8-6-10-5-7-1-3-9-4-2-7/h1-4H,5-6H2. The maximum Gasteiger partial charge on any atom is 0.0683 e. The van der Waals surface area contributed by atoms with Crippen molar-refractivity contribution in [2.45, 2.75) is 5.75 Å². The first-order chi connectivity index (χ1) is 4.93. The molecule has 1 aromatic heterocycles. The monoisotopic (exact) mass is 173 g/mol. The van der Waals surface area contributed by atoms with Gasteiger partial charge in [-0.3, -0.25) is 4.98 Å². The highest BCUT2D eigenvalue weighted by Crippen LogP contribution is 2.11. The van der Waals surface area contributed by atoms with E-state index >= 15 is 0 Å². The van der Waals surface area contributed by atoms with Crippen LogP contribution in [0.1, 0.15) is 5.56 Å². The first-order valence-electron chi connectivity index (χ1n) is 2.96. The molecule has 0 bridgehead atoms. The molecule has 0 spiro atoms. The fraction of sp³-hybridized carbons (Fsp3) is 0.286. The summed E-state index contributed by atoms with van der Waals surface area (Å²) in [6.45, 7) is 0. The number of pyridine rings is 1. The van der Waals surface area contributed by atoms with Crippen LogP contribution in [0.2, 0.25) is 0 Å². The van der Waals surface area contributed by atoms with Gasteiger partial charge in [0.15, 0.2) is 0 Å². The highest BCUT2D eigenvalue weighted by atomic mass is 35.5. The summed E-state index contributed by atoms with van der Waals surface area (Å²) in [6, 6.07) is 4.00. The molecule has 1 heterocycles. The summed E-state index contributed by atoms with van der Waals surface area (Å²) in [5.74, 6) is 0.978. The topological polar surface area (TPSA) is 12.9 Å². The van der Waals surface area contributed by atoms with Gasteiger partial charge in [-0.25, -0.2) is 0 Å². The number of hydrogen-bond acceptors (Lipinski definition) is 2. The molecule has 1 rings (SSSR count). The van der Waals surface area contributed by atoms with Crippen molar-refractivity contribution in [3.63, 3.8) is 0 Å². The first-order valence-corrected chi connectivity index (χ1v) is 4.65. The zero-order valence-corrected chi connectivity index (χ0v) is 7.03. The minimum absolute atomic E-state index is 0.655. The highest BCUT2D eigenvalue weighted by Gasteiger charge is 1.88. The van der Waals surface area contributed by atoms with Crippen LogP contribution in [0.25, 0.3) is 0 Å². The van der Waals surface area contributed by atoms with E-state index in [1.54, 1.807) is 24.2 Å². The molecule has 0 N–H and O–H groups in total. The molecule has 1 nitrogen and oxygen atoms in total. The fourth-order valence-corrected chi connectivity index (χ4v) is 1.37. The van der Waals surface area contributed by atoms with Gasteiger partial charge in [0.2, 0.25) is 0 Å². The van der Waals surface area contributed by atoms with Crippen LogP contribution in [0.3, 0.4) is 0 Å². The summed E-state index contributed by atoms with van der Waals surface area (Å²) in [7, 11) is 0. The molecule has 0 aliphatic rings. The van der Waals surface area contributed by atoms with Gasteiger partial charge in [0.25, 0.3) is 0 Å². The Bertz CT molecular complexity index is 178. The second-order valence-electron chi connectivity index (χ2n) is 1.81. The van der Waals surface area contributed by atoms with Crippen molar-refractivity contribution in [3.05, 3.63) is 30.1 Å². The smallest absolute Gasteiger partial charge is 0.0683 e. The molecule has 3 heteroatoms. The van der Waals surface area contributed by atoms with Gasteiger partial charge in [0.05, 0.1) is 5.21 Å². The molecule has 0 radical (unpaired) electrons. The number of hydrogen-bond donors (Lipinski definition) is 0. The van der Waals surface area contributed by atoms with Crippen molar-refractivity contribution in [2.75, 3.05) is 5.21 Å². The van der Waals surface area contributed by atoms with Crippen LogP contribution in [0, 0.1) is 0 Å². The molecule has 0 unspecified atom stereocenters. The van der Waals surface area contributed by atoms with E-state index in [-0.39, 0.29) is 0 Å². The van der Waals surface area contributed by atoms with Crippen LogP contribution in [-0.4, -0.2) is 10.2 Å². The Hall–Kier alpha value is -0.210.